The molecule has 1 aromatic carbocycles. The van der Waals surface area contributed by atoms with E-state index in [1.807, 2.05) is 12.3 Å². The smallest absolute Gasteiger partial charge is 0.399 e. The Labute approximate surface area is 143 Å². The summed E-state index contributed by atoms with van der Waals surface area (Å²) in [6, 6.07) is 8.27. The van der Waals surface area contributed by atoms with Crippen molar-refractivity contribution < 1.29 is 14.0 Å². The number of fused-ring (bicyclic) bond motifs is 1. The van der Waals surface area contributed by atoms with Gasteiger partial charge in [-0.05, 0) is 50.0 Å². The highest BCUT2D eigenvalue weighted by atomic mass is 16.7. The van der Waals surface area contributed by atoms with Gasteiger partial charge < -0.3 is 19.4 Å². The summed E-state index contributed by atoms with van der Waals surface area (Å²) in [7, 11) is 1.34. The first-order chi connectivity index (χ1) is 11.3. The maximum atomic E-state index is 6.12. The predicted octanol–water partition coefficient (Wildman–Crippen LogP) is 2.59. The fourth-order valence-corrected chi connectivity index (χ4v) is 2.66. The molecule has 1 aliphatic rings. The fraction of sp³-hybridized carbons (Fsp3) is 0.500. The molecule has 0 spiro atoms. The van der Waals surface area contributed by atoms with Crippen molar-refractivity contribution in [3.05, 3.63) is 30.5 Å². The van der Waals surface area contributed by atoms with Gasteiger partial charge in [-0.25, -0.2) is 4.98 Å². The van der Waals surface area contributed by atoms with Gasteiger partial charge in [0.1, 0.15) is 5.82 Å². The van der Waals surface area contributed by atoms with Gasteiger partial charge in [0.15, 0.2) is 0 Å². The molecular formula is C18H25BN2O3. The number of aromatic nitrogens is 1. The maximum absolute atomic E-state index is 6.12. The van der Waals surface area contributed by atoms with E-state index in [1.54, 1.807) is 7.11 Å². The van der Waals surface area contributed by atoms with E-state index in [4.69, 9.17) is 14.0 Å². The van der Waals surface area contributed by atoms with Crippen molar-refractivity contribution in [2.75, 3.05) is 25.6 Å². The van der Waals surface area contributed by atoms with Crippen LogP contribution >= 0.6 is 0 Å². The molecule has 0 bridgehead atoms. The van der Waals surface area contributed by atoms with Crippen molar-refractivity contribution in [1.82, 2.24) is 4.98 Å². The van der Waals surface area contributed by atoms with Gasteiger partial charge in [-0.3, -0.25) is 0 Å². The summed E-state index contributed by atoms with van der Waals surface area (Å²) in [4.78, 5) is 4.46. The van der Waals surface area contributed by atoms with E-state index in [0.717, 1.165) is 28.6 Å². The summed E-state index contributed by atoms with van der Waals surface area (Å²) in [5.41, 5.74) is 0.350. The van der Waals surface area contributed by atoms with E-state index in [0.29, 0.717) is 6.61 Å². The molecule has 2 aromatic rings. The van der Waals surface area contributed by atoms with Gasteiger partial charge in [0.25, 0.3) is 0 Å². The molecule has 0 radical (unpaired) electrons. The Morgan fingerprint density at radius 1 is 1.08 bits per heavy atom. The molecule has 0 unspecified atom stereocenters. The lowest BCUT2D eigenvalue weighted by atomic mass is 9.78. The van der Waals surface area contributed by atoms with Crippen LogP contribution in [0.4, 0.5) is 5.82 Å². The fourth-order valence-electron chi connectivity index (χ4n) is 2.66. The van der Waals surface area contributed by atoms with Gasteiger partial charge >= 0.3 is 7.12 Å². The lowest BCUT2D eigenvalue weighted by molar-refractivity contribution is 0.00578. The molecule has 128 valence electrons. The predicted molar refractivity (Wildman–Crippen MR) is 97.8 cm³/mol. The van der Waals surface area contributed by atoms with Crippen LogP contribution in [0.2, 0.25) is 0 Å². The van der Waals surface area contributed by atoms with Crippen LogP contribution in [0.1, 0.15) is 27.7 Å². The molecule has 3 rings (SSSR count). The molecule has 1 aliphatic heterocycles. The van der Waals surface area contributed by atoms with Gasteiger partial charge in [-0.15, -0.1) is 0 Å². The number of hydrogen-bond donors (Lipinski definition) is 1. The van der Waals surface area contributed by atoms with Crippen LogP contribution in [-0.2, 0) is 14.0 Å². The van der Waals surface area contributed by atoms with Crippen molar-refractivity contribution in [2.24, 2.45) is 0 Å². The molecule has 5 nitrogen and oxygen atoms in total. The standard InChI is InChI=1S/C18H25BN2O3/c1-17(2)18(3,4)24-19(23-17)15-7-6-13-11-16(20-8-9-22-5)21-12-14(13)10-15/h6-7,10-12H,8-9H2,1-5H3,(H,20,21). The van der Waals surface area contributed by atoms with Crippen LogP contribution in [-0.4, -0.2) is 43.6 Å². The number of methoxy groups -OCH3 is 1. The second kappa shape index (κ2) is 6.35. The Bertz CT molecular complexity index is 717. The highest BCUT2D eigenvalue weighted by Gasteiger charge is 2.51. The Morgan fingerprint density at radius 2 is 1.79 bits per heavy atom. The van der Waals surface area contributed by atoms with Gasteiger partial charge in [0.05, 0.1) is 17.8 Å². The summed E-state index contributed by atoms with van der Waals surface area (Å²) < 4.78 is 17.3. The zero-order valence-electron chi connectivity index (χ0n) is 15.1. The first kappa shape index (κ1) is 17.2. The highest BCUT2D eigenvalue weighted by Crippen LogP contribution is 2.36. The lowest BCUT2D eigenvalue weighted by Gasteiger charge is -2.32. The number of nitrogens with zero attached hydrogens (tertiary/aromatic N) is 1. The van der Waals surface area contributed by atoms with E-state index in [2.05, 4.69) is 56.2 Å². The minimum Gasteiger partial charge on any atom is -0.399 e. The molecule has 0 amide bonds. The molecular weight excluding hydrogens is 303 g/mol. The Balaban J connectivity index is 1.81. The number of pyridine rings is 1. The molecule has 0 atom stereocenters. The second-order valence-electron chi connectivity index (χ2n) is 7.18. The number of benzene rings is 1. The molecule has 1 aromatic heterocycles. The van der Waals surface area contributed by atoms with Gasteiger partial charge in [0.2, 0.25) is 0 Å². The second-order valence-corrected chi connectivity index (χ2v) is 7.18. The van der Waals surface area contributed by atoms with Crippen LogP contribution < -0.4 is 10.8 Å². The van der Waals surface area contributed by atoms with Crippen LogP contribution in [0, 0.1) is 0 Å². The molecule has 1 N–H and O–H groups in total. The van der Waals surface area contributed by atoms with Crippen molar-refractivity contribution in [1.29, 1.82) is 0 Å². The topological polar surface area (TPSA) is 52.6 Å². The summed E-state index contributed by atoms with van der Waals surface area (Å²) in [6.07, 6.45) is 1.87. The summed E-state index contributed by atoms with van der Waals surface area (Å²) in [5, 5.41) is 5.44. The summed E-state index contributed by atoms with van der Waals surface area (Å²) in [6.45, 7) is 9.64. The van der Waals surface area contributed by atoms with Gasteiger partial charge in [-0.1, -0.05) is 18.2 Å². The van der Waals surface area contributed by atoms with E-state index < -0.39 is 0 Å². The average Bonchev–Trinajstić information content (AvgIpc) is 2.75. The molecule has 0 aliphatic carbocycles. The van der Waals surface area contributed by atoms with Gasteiger partial charge in [0, 0.05) is 19.9 Å². The molecule has 24 heavy (non-hydrogen) atoms. The van der Waals surface area contributed by atoms with E-state index in [1.165, 1.54) is 0 Å². The number of nitrogens with one attached hydrogen (secondary N) is 1. The minimum atomic E-state index is -0.348. The Morgan fingerprint density at radius 3 is 2.46 bits per heavy atom. The third kappa shape index (κ3) is 3.27. The SMILES string of the molecule is COCCNc1cc2ccc(B3OC(C)(C)C(C)(C)O3)cc2cn1. The van der Waals surface area contributed by atoms with Crippen LogP contribution in [0.15, 0.2) is 30.5 Å². The van der Waals surface area contributed by atoms with E-state index >= 15 is 0 Å². The Kier molecular flexibility index (Phi) is 4.55. The average molecular weight is 328 g/mol. The normalized spacial score (nSPS) is 19.0. The van der Waals surface area contributed by atoms with E-state index in [9.17, 15) is 0 Å². The molecule has 0 saturated carbocycles. The molecule has 1 saturated heterocycles. The number of ether oxygens (including phenoxy) is 1. The summed E-state index contributed by atoms with van der Waals surface area (Å²) in [5.74, 6) is 0.850. The highest BCUT2D eigenvalue weighted by molar-refractivity contribution is 6.62. The quantitative estimate of drug-likeness (QED) is 0.675. The summed E-state index contributed by atoms with van der Waals surface area (Å²) >= 11 is 0. The zero-order chi connectivity index (χ0) is 17.4. The minimum absolute atomic E-state index is 0.333. The first-order valence-electron chi connectivity index (χ1n) is 8.30. The maximum Gasteiger partial charge on any atom is 0.494 e. The largest absolute Gasteiger partial charge is 0.494 e. The third-order valence-corrected chi connectivity index (χ3v) is 4.88. The third-order valence-electron chi connectivity index (χ3n) is 4.88. The van der Waals surface area contributed by atoms with E-state index in [-0.39, 0.29) is 18.3 Å². The molecule has 1 fully saturated rings. The molecule has 2 heterocycles. The van der Waals surface area contributed by atoms with Crippen LogP contribution in [0.5, 0.6) is 0 Å². The Hall–Kier alpha value is -1.63. The number of anilines is 1. The number of hydrogen-bond acceptors (Lipinski definition) is 5. The van der Waals surface area contributed by atoms with Crippen molar-refractivity contribution in [3.63, 3.8) is 0 Å². The van der Waals surface area contributed by atoms with Crippen molar-refractivity contribution >= 4 is 29.2 Å². The molecule has 6 heteroatoms. The van der Waals surface area contributed by atoms with Crippen LogP contribution in [0.25, 0.3) is 10.8 Å². The zero-order valence-corrected chi connectivity index (χ0v) is 15.1. The lowest BCUT2D eigenvalue weighted by Crippen LogP contribution is -2.41. The monoisotopic (exact) mass is 328 g/mol. The first-order valence-corrected chi connectivity index (χ1v) is 8.30. The van der Waals surface area contributed by atoms with Crippen molar-refractivity contribution in [2.45, 2.75) is 38.9 Å². The van der Waals surface area contributed by atoms with Gasteiger partial charge in [-0.2, -0.15) is 0 Å². The number of rotatable bonds is 5. The van der Waals surface area contributed by atoms with Crippen molar-refractivity contribution in [3.8, 4) is 0 Å². The van der Waals surface area contributed by atoms with Crippen LogP contribution in [0.3, 0.4) is 0 Å².